The Bertz CT molecular complexity index is 915. The van der Waals surface area contributed by atoms with Crippen LogP contribution in [0.5, 0.6) is 11.5 Å². The molecule has 28 heavy (non-hydrogen) atoms. The van der Waals surface area contributed by atoms with Crippen LogP contribution in [0.15, 0.2) is 36.4 Å². The quantitative estimate of drug-likeness (QED) is 0.847. The van der Waals surface area contributed by atoms with Crippen LogP contribution in [0.4, 0.5) is 21.9 Å². The van der Waals surface area contributed by atoms with Gasteiger partial charge in [-0.05, 0) is 42.7 Å². The van der Waals surface area contributed by atoms with Crippen molar-refractivity contribution in [3.8, 4) is 11.5 Å². The summed E-state index contributed by atoms with van der Waals surface area (Å²) in [6, 6.07) is 10.4. The second kappa shape index (κ2) is 7.77. The summed E-state index contributed by atoms with van der Waals surface area (Å²) in [6.45, 7) is 0.849. The molecule has 8 heteroatoms. The molecule has 0 unspecified atom stereocenters. The molecule has 0 aromatic heterocycles. The zero-order chi connectivity index (χ0) is 19.5. The van der Waals surface area contributed by atoms with Crippen molar-refractivity contribution < 1.29 is 23.8 Å². The lowest BCUT2D eigenvalue weighted by atomic mass is 10.0. The summed E-state index contributed by atoms with van der Waals surface area (Å²) >= 11 is 0. The van der Waals surface area contributed by atoms with Crippen LogP contribution in [0.25, 0.3) is 0 Å². The van der Waals surface area contributed by atoms with E-state index in [0.717, 1.165) is 24.1 Å². The minimum absolute atomic E-state index is 0.0295. The van der Waals surface area contributed by atoms with E-state index in [1.165, 1.54) is 7.11 Å². The molecular formula is C20H21N3O5. The van der Waals surface area contributed by atoms with E-state index in [1.807, 2.05) is 18.2 Å². The maximum absolute atomic E-state index is 12.4. The zero-order valence-corrected chi connectivity index (χ0v) is 15.5. The molecule has 0 bridgehead atoms. The molecule has 4 rings (SSSR count). The molecule has 0 fully saturated rings. The predicted molar refractivity (Wildman–Crippen MR) is 104 cm³/mol. The summed E-state index contributed by atoms with van der Waals surface area (Å²) in [6.07, 6.45) is 1.80. The fourth-order valence-corrected chi connectivity index (χ4v) is 3.38. The number of hydrogen-bond acceptors (Lipinski definition) is 5. The summed E-state index contributed by atoms with van der Waals surface area (Å²) in [5.41, 5.74) is 3.09. The fraction of sp³-hybridized carbons (Fsp3) is 0.300. The van der Waals surface area contributed by atoms with E-state index in [9.17, 15) is 9.59 Å². The highest BCUT2D eigenvalue weighted by atomic mass is 16.7. The molecule has 0 spiro atoms. The number of amides is 3. The SMILES string of the molecule is COCC(=O)N1CCCc2ccc(NC(=O)Nc3ccc4c(c3)OCO4)cc21. The van der Waals surface area contributed by atoms with Gasteiger partial charge in [0.1, 0.15) is 6.61 Å². The highest BCUT2D eigenvalue weighted by Crippen LogP contribution is 2.34. The number of aryl methyl sites for hydroxylation is 1. The van der Waals surface area contributed by atoms with Gasteiger partial charge in [0.15, 0.2) is 11.5 Å². The van der Waals surface area contributed by atoms with Crippen LogP contribution in [-0.2, 0) is 16.0 Å². The summed E-state index contributed by atoms with van der Waals surface area (Å²) in [5, 5.41) is 5.58. The van der Waals surface area contributed by atoms with Gasteiger partial charge in [-0.2, -0.15) is 0 Å². The Kier molecular flexibility index (Phi) is 5.03. The number of rotatable bonds is 4. The monoisotopic (exact) mass is 383 g/mol. The van der Waals surface area contributed by atoms with Gasteiger partial charge in [-0.15, -0.1) is 0 Å². The predicted octanol–water partition coefficient (Wildman–Crippen LogP) is 2.98. The number of carbonyl (C=O) groups is 2. The molecule has 0 atom stereocenters. The van der Waals surface area contributed by atoms with Crippen molar-refractivity contribution in [2.75, 3.05) is 42.6 Å². The average Bonchev–Trinajstić information content (AvgIpc) is 3.15. The standard InChI is InChI=1S/C20H21N3O5/c1-26-11-19(24)23-8-2-3-13-4-5-14(9-16(13)23)21-20(25)22-15-6-7-17-18(10-15)28-12-27-17/h4-7,9-10H,2-3,8,11-12H2,1H3,(H2,21,22,25). The first-order chi connectivity index (χ1) is 13.6. The zero-order valence-electron chi connectivity index (χ0n) is 15.5. The number of benzene rings is 2. The van der Waals surface area contributed by atoms with Crippen molar-refractivity contribution >= 4 is 29.0 Å². The molecule has 0 saturated carbocycles. The first-order valence-corrected chi connectivity index (χ1v) is 9.04. The maximum atomic E-state index is 12.4. The highest BCUT2D eigenvalue weighted by Gasteiger charge is 2.23. The van der Waals surface area contributed by atoms with Crippen LogP contribution in [0.2, 0.25) is 0 Å². The third-order valence-corrected chi connectivity index (χ3v) is 4.66. The molecule has 2 heterocycles. The van der Waals surface area contributed by atoms with E-state index < -0.39 is 0 Å². The van der Waals surface area contributed by atoms with Crippen LogP contribution < -0.4 is 25.0 Å². The Morgan fingerprint density at radius 3 is 2.64 bits per heavy atom. The molecule has 2 aromatic rings. The Hall–Kier alpha value is -3.26. The normalized spacial score (nSPS) is 14.4. The molecule has 2 aromatic carbocycles. The van der Waals surface area contributed by atoms with Crippen LogP contribution in [-0.4, -0.2) is 39.0 Å². The number of anilines is 3. The first kappa shape index (κ1) is 18.1. The minimum atomic E-state index is -0.385. The van der Waals surface area contributed by atoms with E-state index in [-0.39, 0.29) is 25.3 Å². The lowest BCUT2D eigenvalue weighted by Crippen LogP contribution is -2.37. The second-order valence-electron chi connectivity index (χ2n) is 6.57. The number of methoxy groups -OCH3 is 1. The topological polar surface area (TPSA) is 89.1 Å². The number of nitrogens with one attached hydrogen (secondary N) is 2. The molecule has 3 amide bonds. The molecule has 0 aliphatic carbocycles. The average molecular weight is 383 g/mol. The van der Waals surface area contributed by atoms with Gasteiger partial charge in [0.05, 0.1) is 0 Å². The number of fused-ring (bicyclic) bond motifs is 2. The smallest absolute Gasteiger partial charge is 0.323 e. The Balaban J connectivity index is 1.47. The van der Waals surface area contributed by atoms with Crippen LogP contribution in [0.3, 0.4) is 0 Å². The second-order valence-corrected chi connectivity index (χ2v) is 6.57. The van der Waals surface area contributed by atoms with Crippen LogP contribution in [0.1, 0.15) is 12.0 Å². The van der Waals surface area contributed by atoms with Gasteiger partial charge in [-0.3, -0.25) is 4.79 Å². The number of ether oxygens (including phenoxy) is 3. The number of nitrogens with zero attached hydrogens (tertiary/aromatic N) is 1. The third kappa shape index (κ3) is 3.72. The molecule has 2 aliphatic rings. The molecular weight excluding hydrogens is 362 g/mol. The van der Waals surface area contributed by atoms with Crippen molar-refractivity contribution in [3.63, 3.8) is 0 Å². The molecule has 146 valence electrons. The van der Waals surface area contributed by atoms with E-state index in [0.29, 0.717) is 29.4 Å². The third-order valence-electron chi connectivity index (χ3n) is 4.66. The molecule has 2 N–H and O–H groups in total. The van der Waals surface area contributed by atoms with Crippen molar-refractivity contribution in [1.82, 2.24) is 0 Å². The number of urea groups is 1. The molecule has 8 nitrogen and oxygen atoms in total. The first-order valence-electron chi connectivity index (χ1n) is 9.04. The van der Waals surface area contributed by atoms with E-state index in [4.69, 9.17) is 14.2 Å². The van der Waals surface area contributed by atoms with Crippen molar-refractivity contribution in [1.29, 1.82) is 0 Å². The van der Waals surface area contributed by atoms with E-state index in [2.05, 4.69) is 10.6 Å². The van der Waals surface area contributed by atoms with Crippen molar-refractivity contribution in [2.24, 2.45) is 0 Å². The van der Waals surface area contributed by atoms with Gasteiger partial charge in [-0.1, -0.05) is 6.07 Å². The fourth-order valence-electron chi connectivity index (χ4n) is 3.38. The number of hydrogen-bond donors (Lipinski definition) is 2. The van der Waals surface area contributed by atoms with E-state index in [1.54, 1.807) is 23.1 Å². The van der Waals surface area contributed by atoms with Gasteiger partial charge < -0.3 is 29.7 Å². The lowest BCUT2D eigenvalue weighted by molar-refractivity contribution is -0.122. The molecule has 0 saturated heterocycles. The van der Waals surface area contributed by atoms with Crippen molar-refractivity contribution in [2.45, 2.75) is 12.8 Å². The van der Waals surface area contributed by atoms with E-state index >= 15 is 0 Å². The number of carbonyl (C=O) groups excluding carboxylic acids is 2. The van der Waals surface area contributed by atoms with Gasteiger partial charge in [0, 0.05) is 36.8 Å². The Morgan fingerprint density at radius 1 is 1.07 bits per heavy atom. The summed E-state index contributed by atoms with van der Waals surface area (Å²) in [7, 11) is 1.50. The maximum Gasteiger partial charge on any atom is 0.323 e. The minimum Gasteiger partial charge on any atom is -0.454 e. The summed E-state index contributed by atoms with van der Waals surface area (Å²) in [4.78, 5) is 26.4. The van der Waals surface area contributed by atoms with Crippen LogP contribution >= 0.6 is 0 Å². The van der Waals surface area contributed by atoms with Gasteiger partial charge in [-0.25, -0.2) is 4.79 Å². The largest absolute Gasteiger partial charge is 0.454 e. The van der Waals surface area contributed by atoms with Gasteiger partial charge >= 0.3 is 6.03 Å². The molecule has 2 aliphatic heterocycles. The molecule has 0 radical (unpaired) electrons. The lowest BCUT2D eigenvalue weighted by Gasteiger charge is -2.29. The summed E-state index contributed by atoms with van der Waals surface area (Å²) in [5.74, 6) is 1.16. The van der Waals surface area contributed by atoms with Gasteiger partial charge in [0.25, 0.3) is 5.91 Å². The Labute approximate surface area is 162 Å². The Morgan fingerprint density at radius 2 is 1.82 bits per heavy atom. The summed E-state index contributed by atoms with van der Waals surface area (Å²) < 4.78 is 15.6. The van der Waals surface area contributed by atoms with Gasteiger partial charge in [0.2, 0.25) is 6.79 Å². The van der Waals surface area contributed by atoms with Crippen LogP contribution in [0, 0.1) is 0 Å². The highest BCUT2D eigenvalue weighted by molar-refractivity contribution is 6.01. The van der Waals surface area contributed by atoms with Crippen molar-refractivity contribution in [3.05, 3.63) is 42.0 Å².